The van der Waals surface area contributed by atoms with Gasteiger partial charge in [-0.05, 0) is 115 Å². The normalized spacial score (nSPS) is 11.7. The Morgan fingerprint density at radius 2 is 0.852 bits per heavy atom. The van der Waals surface area contributed by atoms with Gasteiger partial charge >= 0.3 is 0 Å². The molecule has 54 heavy (non-hydrogen) atoms. The summed E-state index contributed by atoms with van der Waals surface area (Å²) in [6.45, 7) is 0. The molecule has 1 heterocycles. The lowest BCUT2D eigenvalue weighted by Gasteiger charge is -2.26. The van der Waals surface area contributed by atoms with Gasteiger partial charge in [-0.15, -0.1) is 0 Å². The van der Waals surface area contributed by atoms with E-state index < -0.39 is 0 Å². The Bertz CT molecular complexity index is 3160. The minimum atomic E-state index is 0.919. The molecule has 0 spiro atoms. The third-order valence-electron chi connectivity index (χ3n) is 11.0. The van der Waals surface area contributed by atoms with Crippen LogP contribution >= 0.6 is 0 Å². The second-order valence-electron chi connectivity index (χ2n) is 14.1. The lowest BCUT2D eigenvalue weighted by molar-refractivity contribution is 0.669. The third-order valence-corrected chi connectivity index (χ3v) is 11.0. The quantitative estimate of drug-likeness (QED) is 0.168. The van der Waals surface area contributed by atoms with Gasteiger partial charge in [0.2, 0.25) is 0 Å². The molecule has 0 radical (unpaired) electrons. The lowest BCUT2D eigenvalue weighted by atomic mass is 9.88. The van der Waals surface area contributed by atoms with Crippen molar-refractivity contribution in [2.24, 2.45) is 0 Å². The van der Waals surface area contributed by atoms with Crippen molar-refractivity contribution in [2.45, 2.75) is 0 Å². The average molecular weight is 688 g/mol. The highest BCUT2D eigenvalue weighted by atomic mass is 16.3. The van der Waals surface area contributed by atoms with E-state index in [1.54, 1.807) is 0 Å². The maximum Gasteiger partial charge on any atom is 0.136 e. The topological polar surface area (TPSA) is 16.4 Å². The fraction of sp³-hybridized carbons (Fsp3) is 0. The Morgan fingerprint density at radius 3 is 1.61 bits per heavy atom. The summed E-state index contributed by atoms with van der Waals surface area (Å²) < 4.78 is 6.35. The molecule has 0 fully saturated rings. The van der Waals surface area contributed by atoms with Crippen LogP contribution in [0.4, 0.5) is 17.1 Å². The number of benzene rings is 10. The van der Waals surface area contributed by atoms with Crippen molar-refractivity contribution in [3.63, 3.8) is 0 Å². The van der Waals surface area contributed by atoms with Gasteiger partial charge in [0.15, 0.2) is 0 Å². The van der Waals surface area contributed by atoms with Crippen molar-refractivity contribution in [3.05, 3.63) is 200 Å². The molecule has 0 aliphatic carbocycles. The molecule has 0 saturated heterocycles. The highest BCUT2D eigenvalue weighted by molar-refractivity contribution is 6.36. The molecule has 2 nitrogen and oxygen atoms in total. The number of furan rings is 1. The van der Waals surface area contributed by atoms with Crippen molar-refractivity contribution in [3.8, 4) is 22.3 Å². The van der Waals surface area contributed by atoms with Crippen molar-refractivity contribution in [1.82, 2.24) is 0 Å². The van der Waals surface area contributed by atoms with E-state index >= 15 is 0 Å². The Labute approximate surface area is 312 Å². The molecule has 0 amide bonds. The van der Waals surface area contributed by atoms with Gasteiger partial charge in [0.05, 0.1) is 0 Å². The number of rotatable bonds is 5. The summed E-state index contributed by atoms with van der Waals surface area (Å²) >= 11 is 0. The van der Waals surface area contributed by atoms with Crippen LogP contribution in [0, 0.1) is 0 Å². The molecule has 10 aromatic carbocycles. The van der Waals surface area contributed by atoms with Crippen LogP contribution in [0.1, 0.15) is 0 Å². The summed E-state index contributed by atoms with van der Waals surface area (Å²) in [5.41, 5.74) is 9.99. The number of fused-ring (bicyclic) bond motifs is 11. The van der Waals surface area contributed by atoms with E-state index in [1.165, 1.54) is 70.7 Å². The first-order valence-electron chi connectivity index (χ1n) is 18.5. The number of nitrogens with zero attached hydrogens (tertiary/aromatic N) is 1. The smallest absolute Gasteiger partial charge is 0.136 e. The van der Waals surface area contributed by atoms with E-state index in [9.17, 15) is 0 Å². The van der Waals surface area contributed by atoms with E-state index in [1.807, 2.05) is 6.07 Å². The molecule has 0 N–H and O–H groups in total. The first kappa shape index (κ1) is 30.5. The summed E-state index contributed by atoms with van der Waals surface area (Å²) in [5, 5.41) is 12.3. The zero-order chi connectivity index (χ0) is 35.6. The molecule has 11 aromatic rings. The lowest BCUT2D eigenvalue weighted by Crippen LogP contribution is -2.09. The monoisotopic (exact) mass is 687 g/mol. The van der Waals surface area contributed by atoms with Gasteiger partial charge in [0, 0.05) is 33.2 Å². The van der Waals surface area contributed by atoms with Gasteiger partial charge in [-0.25, -0.2) is 0 Å². The van der Waals surface area contributed by atoms with Crippen LogP contribution in [0.15, 0.2) is 205 Å². The molecule has 0 atom stereocenters. The van der Waals surface area contributed by atoms with Gasteiger partial charge < -0.3 is 9.32 Å². The molecule has 2 heteroatoms. The van der Waals surface area contributed by atoms with E-state index in [4.69, 9.17) is 4.42 Å². The highest BCUT2D eigenvalue weighted by Gasteiger charge is 2.19. The summed E-state index contributed by atoms with van der Waals surface area (Å²) in [5.74, 6) is 0. The van der Waals surface area contributed by atoms with Crippen molar-refractivity contribution in [1.29, 1.82) is 0 Å². The Balaban J connectivity index is 1.08. The second kappa shape index (κ2) is 12.2. The SMILES string of the molecule is c1ccc(-c2ccc(N(c3ccc(-c4cccc5c6ccc7oc8ccccc8c7c6c6ccccc6c45)cc3)c3ccc4ccccc4c3)cc2)cc1. The van der Waals surface area contributed by atoms with Crippen LogP contribution < -0.4 is 4.90 Å². The number of hydrogen-bond acceptors (Lipinski definition) is 2. The maximum atomic E-state index is 6.35. The minimum Gasteiger partial charge on any atom is -0.456 e. The van der Waals surface area contributed by atoms with Gasteiger partial charge in [-0.3, -0.25) is 0 Å². The fourth-order valence-electron chi connectivity index (χ4n) is 8.53. The molecule has 11 rings (SSSR count). The molecule has 0 aliphatic rings. The third kappa shape index (κ3) is 4.81. The number of anilines is 3. The van der Waals surface area contributed by atoms with E-state index in [0.29, 0.717) is 0 Å². The first-order valence-corrected chi connectivity index (χ1v) is 18.5. The Hall–Kier alpha value is -7.16. The van der Waals surface area contributed by atoms with Gasteiger partial charge in [0.25, 0.3) is 0 Å². The molecule has 0 unspecified atom stereocenters. The molecule has 0 saturated carbocycles. The number of hydrogen-bond donors (Lipinski definition) is 0. The van der Waals surface area contributed by atoms with Gasteiger partial charge in [-0.2, -0.15) is 0 Å². The highest BCUT2D eigenvalue weighted by Crippen LogP contribution is 2.45. The van der Waals surface area contributed by atoms with E-state index in [0.717, 1.165) is 33.6 Å². The van der Waals surface area contributed by atoms with Crippen LogP contribution in [0.25, 0.3) is 87.3 Å². The van der Waals surface area contributed by atoms with Crippen molar-refractivity contribution >= 4 is 82.1 Å². The fourth-order valence-corrected chi connectivity index (χ4v) is 8.53. The summed E-state index contributed by atoms with van der Waals surface area (Å²) in [7, 11) is 0. The van der Waals surface area contributed by atoms with E-state index in [-0.39, 0.29) is 0 Å². The second-order valence-corrected chi connectivity index (χ2v) is 14.1. The average Bonchev–Trinajstić information content (AvgIpc) is 3.63. The zero-order valence-corrected chi connectivity index (χ0v) is 29.4. The zero-order valence-electron chi connectivity index (χ0n) is 29.4. The van der Waals surface area contributed by atoms with Gasteiger partial charge in [-0.1, -0.05) is 146 Å². The van der Waals surface area contributed by atoms with Crippen LogP contribution in [0.2, 0.25) is 0 Å². The Morgan fingerprint density at radius 1 is 0.296 bits per heavy atom. The molecular formula is C52H33NO. The predicted molar refractivity (Wildman–Crippen MR) is 229 cm³/mol. The van der Waals surface area contributed by atoms with Crippen LogP contribution in [0.3, 0.4) is 0 Å². The van der Waals surface area contributed by atoms with Crippen LogP contribution in [0.5, 0.6) is 0 Å². The van der Waals surface area contributed by atoms with Crippen LogP contribution in [-0.4, -0.2) is 0 Å². The standard InChI is InChI=1S/C52H33NO/c1-2-11-34(12-3-1)36-21-26-39(27-22-36)53(41-30-23-35-13-4-5-14-38(35)33-41)40-28-24-37(25-29-40)42-18-10-19-44-46-31-32-49-52(47-17-8-9-20-48(47)54-49)51(46)45-16-7-6-15-43(45)50(42)44/h1-33H. The predicted octanol–water partition coefficient (Wildman–Crippen LogP) is 15.0. The Kier molecular flexibility index (Phi) is 6.90. The van der Waals surface area contributed by atoms with E-state index in [2.05, 4.69) is 199 Å². The number of para-hydroxylation sites is 1. The first-order chi connectivity index (χ1) is 26.8. The molecule has 1 aromatic heterocycles. The summed E-state index contributed by atoms with van der Waals surface area (Å²) in [6.07, 6.45) is 0. The van der Waals surface area contributed by atoms with Crippen molar-refractivity contribution < 1.29 is 4.42 Å². The largest absolute Gasteiger partial charge is 0.456 e. The minimum absolute atomic E-state index is 0.919. The summed E-state index contributed by atoms with van der Waals surface area (Å²) in [6, 6.07) is 72.2. The van der Waals surface area contributed by atoms with Crippen molar-refractivity contribution in [2.75, 3.05) is 4.90 Å². The van der Waals surface area contributed by atoms with Gasteiger partial charge in [0.1, 0.15) is 11.2 Å². The molecule has 0 aliphatic heterocycles. The van der Waals surface area contributed by atoms with Crippen LogP contribution in [-0.2, 0) is 0 Å². The summed E-state index contributed by atoms with van der Waals surface area (Å²) in [4.78, 5) is 2.36. The maximum absolute atomic E-state index is 6.35. The molecule has 0 bridgehead atoms. The molecular weight excluding hydrogens is 655 g/mol. The molecule has 252 valence electrons.